The second-order valence-electron chi connectivity index (χ2n) is 6.94. The van der Waals surface area contributed by atoms with Crippen LogP contribution in [0.1, 0.15) is 55.5 Å². The number of likely N-dealkylation sites (N-methyl/N-ethyl adjacent to an activating group) is 1. The summed E-state index contributed by atoms with van der Waals surface area (Å²) in [7, 11) is 1.51. The minimum atomic E-state index is -0.667. The number of carbonyl (C=O) groups is 2. The van der Waals surface area contributed by atoms with E-state index < -0.39 is 12.1 Å². The van der Waals surface area contributed by atoms with Crippen LogP contribution in [0.5, 0.6) is 0 Å². The number of hydrogen-bond donors (Lipinski definition) is 1. The lowest BCUT2D eigenvalue weighted by atomic mass is 10.0. The molecule has 1 fully saturated rings. The Hall–Kier alpha value is -2.66. The number of nitrogens with zero attached hydrogens (tertiary/aromatic N) is 2. The zero-order valence-corrected chi connectivity index (χ0v) is 16.1. The first-order chi connectivity index (χ1) is 13.0. The zero-order valence-electron chi connectivity index (χ0n) is 16.1. The van der Waals surface area contributed by atoms with Gasteiger partial charge in [0.2, 0.25) is 0 Å². The number of aliphatic hydroxyl groups excluding tert-OH is 1. The highest BCUT2D eigenvalue weighted by molar-refractivity contribution is 6.14. The van der Waals surface area contributed by atoms with Gasteiger partial charge in [-0.05, 0) is 41.7 Å². The number of rotatable bonds is 6. The molecule has 1 N–H and O–H groups in total. The van der Waals surface area contributed by atoms with Crippen LogP contribution in [0.4, 0.5) is 10.5 Å². The second kappa shape index (κ2) is 7.92. The molecule has 2 unspecified atom stereocenters. The molecule has 2 aromatic rings. The first-order valence-corrected chi connectivity index (χ1v) is 9.45. The molecule has 3 amide bonds. The average molecular weight is 366 g/mol. The van der Waals surface area contributed by atoms with Crippen molar-refractivity contribution in [2.75, 3.05) is 11.9 Å². The number of aliphatic hydroxyl groups is 1. The molecule has 0 saturated carbocycles. The molecule has 0 aliphatic carbocycles. The van der Waals surface area contributed by atoms with Gasteiger partial charge in [-0.3, -0.25) is 14.6 Å². The van der Waals surface area contributed by atoms with Gasteiger partial charge in [0.15, 0.2) is 0 Å². The molecule has 0 spiro atoms. The molecule has 1 aliphatic heterocycles. The predicted molar refractivity (Wildman–Crippen MR) is 106 cm³/mol. The highest BCUT2D eigenvalue weighted by atomic mass is 16.3. The van der Waals surface area contributed by atoms with E-state index in [1.54, 1.807) is 12.1 Å². The van der Waals surface area contributed by atoms with Gasteiger partial charge in [0.1, 0.15) is 6.04 Å². The van der Waals surface area contributed by atoms with Gasteiger partial charge in [0.05, 0.1) is 6.10 Å². The van der Waals surface area contributed by atoms with Crippen molar-refractivity contribution in [2.45, 2.75) is 45.3 Å². The maximum Gasteiger partial charge on any atom is 0.332 e. The normalized spacial score (nSPS) is 18.3. The molecular formula is C22H26N2O3. The van der Waals surface area contributed by atoms with Crippen molar-refractivity contribution in [2.24, 2.45) is 0 Å². The molecule has 27 heavy (non-hydrogen) atoms. The third-order valence-electron chi connectivity index (χ3n) is 5.14. The van der Waals surface area contributed by atoms with Crippen LogP contribution in [0.15, 0.2) is 48.5 Å². The monoisotopic (exact) mass is 366 g/mol. The van der Waals surface area contributed by atoms with E-state index >= 15 is 0 Å². The van der Waals surface area contributed by atoms with Crippen molar-refractivity contribution < 1.29 is 14.7 Å². The standard InChI is InChI=1S/C22H26N2O3/c1-4-6-19(25)16-11-13-18(14-12-16)24-20(21(26)23(3)22(24)27)17-9-7-15(5-2)8-10-17/h7-14,19-20,25H,4-6H2,1-3H3. The summed E-state index contributed by atoms with van der Waals surface area (Å²) in [6.07, 6.45) is 1.99. The van der Waals surface area contributed by atoms with Crippen molar-refractivity contribution in [3.63, 3.8) is 0 Å². The van der Waals surface area contributed by atoms with Crippen LogP contribution in [0.2, 0.25) is 0 Å². The van der Waals surface area contributed by atoms with Crippen molar-refractivity contribution in [1.29, 1.82) is 0 Å². The van der Waals surface area contributed by atoms with Gasteiger partial charge in [-0.25, -0.2) is 4.79 Å². The Morgan fingerprint density at radius 3 is 2.19 bits per heavy atom. The van der Waals surface area contributed by atoms with Crippen molar-refractivity contribution in [1.82, 2.24) is 4.90 Å². The van der Waals surface area contributed by atoms with Gasteiger partial charge < -0.3 is 5.11 Å². The largest absolute Gasteiger partial charge is 0.388 e. The van der Waals surface area contributed by atoms with E-state index in [-0.39, 0.29) is 11.9 Å². The summed E-state index contributed by atoms with van der Waals surface area (Å²) in [6.45, 7) is 4.10. The molecule has 5 heteroatoms. The SMILES string of the molecule is CCCC(O)c1ccc(N2C(=O)N(C)C(=O)C2c2ccc(CC)cc2)cc1. The molecule has 142 valence electrons. The molecule has 5 nitrogen and oxygen atoms in total. The van der Waals surface area contributed by atoms with E-state index in [0.717, 1.165) is 28.9 Å². The van der Waals surface area contributed by atoms with Gasteiger partial charge in [-0.2, -0.15) is 0 Å². The van der Waals surface area contributed by atoms with E-state index in [0.29, 0.717) is 12.1 Å². The Morgan fingerprint density at radius 1 is 1.00 bits per heavy atom. The number of amides is 3. The smallest absolute Gasteiger partial charge is 0.332 e. The fourth-order valence-corrected chi connectivity index (χ4v) is 3.44. The third-order valence-corrected chi connectivity index (χ3v) is 5.14. The second-order valence-corrected chi connectivity index (χ2v) is 6.94. The topological polar surface area (TPSA) is 60.9 Å². The lowest BCUT2D eigenvalue weighted by molar-refractivity contribution is -0.126. The number of aryl methyl sites for hydroxylation is 1. The molecule has 0 radical (unpaired) electrons. The van der Waals surface area contributed by atoms with Crippen LogP contribution in [0.25, 0.3) is 0 Å². The van der Waals surface area contributed by atoms with E-state index in [9.17, 15) is 14.7 Å². The molecule has 1 aliphatic rings. The van der Waals surface area contributed by atoms with Crippen molar-refractivity contribution in [3.8, 4) is 0 Å². The maximum atomic E-state index is 12.7. The van der Waals surface area contributed by atoms with Gasteiger partial charge in [-0.1, -0.05) is 56.7 Å². The highest BCUT2D eigenvalue weighted by Gasteiger charge is 2.44. The van der Waals surface area contributed by atoms with Crippen molar-refractivity contribution in [3.05, 3.63) is 65.2 Å². The molecule has 2 atom stereocenters. The lowest BCUT2D eigenvalue weighted by Gasteiger charge is -2.23. The molecule has 1 saturated heterocycles. The van der Waals surface area contributed by atoms with Crippen LogP contribution in [-0.2, 0) is 11.2 Å². The molecule has 0 aromatic heterocycles. The summed E-state index contributed by atoms with van der Waals surface area (Å²) < 4.78 is 0. The highest BCUT2D eigenvalue weighted by Crippen LogP contribution is 2.35. The van der Waals surface area contributed by atoms with Gasteiger partial charge in [0, 0.05) is 12.7 Å². The summed E-state index contributed by atoms with van der Waals surface area (Å²) in [5.74, 6) is -0.237. The molecule has 0 bridgehead atoms. The predicted octanol–water partition coefficient (Wildman–Crippen LogP) is 4.22. The van der Waals surface area contributed by atoms with Crippen molar-refractivity contribution >= 4 is 17.6 Å². The number of hydrogen-bond acceptors (Lipinski definition) is 3. The number of urea groups is 1. The molecule has 1 heterocycles. The minimum absolute atomic E-state index is 0.237. The number of carbonyl (C=O) groups excluding carboxylic acids is 2. The molecule has 3 rings (SSSR count). The van der Waals surface area contributed by atoms with Gasteiger partial charge in [-0.15, -0.1) is 0 Å². The number of benzene rings is 2. The fourth-order valence-electron chi connectivity index (χ4n) is 3.44. The Morgan fingerprint density at radius 2 is 1.63 bits per heavy atom. The van der Waals surface area contributed by atoms with Crippen LogP contribution in [-0.4, -0.2) is 29.0 Å². The fraction of sp³-hybridized carbons (Fsp3) is 0.364. The van der Waals surface area contributed by atoms with E-state index in [2.05, 4.69) is 6.92 Å². The third kappa shape index (κ3) is 3.60. The van der Waals surface area contributed by atoms with E-state index in [4.69, 9.17) is 0 Å². The van der Waals surface area contributed by atoms with E-state index in [1.807, 2.05) is 43.3 Å². The first kappa shape index (κ1) is 19.1. The Balaban J connectivity index is 1.95. The summed E-state index contributed by atoms with van der Waals surface area (Å²) >= 11 is 0. The maximum absolute atomic E-state index is 12.7. The van der Waals surface area contributed by atoms with E-state index in [1.165, 1.54) is 17.5 Å². The average Bonchev–Trinajstić information content (AvgIpc) is 2.92. The molecular weight excluding hydrogens is 340 g/mol. The Bertz CT molecular complexity index is 814. The number of anilines is 1. The number of imide groups is 1. The van der Waals surface area contributed by atoms with Crippen LogP contribution >= 0.6 is 0 Å². The summed E-state index contributed by atoms with van der Waals surface area (Å²) in [5.41, 5.74) is 3.44. The summed E-state index contributed by atoms with van der Waals surface area (Å²) in [6, 6.07) is 14.1. The zero-order chi connectivity index (χ0) is 19.6. The lowest BCUT2D eigenvalue weighted by Crippen LogP contribution is -2.30. The van der Waals surface area contributed by atoms with Crippen LogP contribution in [0, 0.1) is 0 Å². The summed E-state index contributed by atoms with van der Waals surface area (Å²) in [4.78, 5) is 28.2. The van der Waals surface area contributed by atoms with Gasteiger partial charge in [0.25, 0.3) is 5.91 Å². The van der Waals surface area contributed by atoms with Crippen LogP contribution in [0.3, 0.4) is 0 Å². The summed E-state index contributed by atoms with van der Waals surface area (Å²) in [5, 5.41) is 10.1. The Kier molecular flexibility index (Phi) is 5.61. The van der Waals surface area contributed by atoms with Gasteiger partial charge >= 0.3 is 6.03 Å². The first-order valence-electron chi connectivity index (χ1n) is 9.45. The van der Waals surface area contributed by atoms with Crippen LogP contribution < -0.4 is 4.90 Å². The minimum Gasteiger partial charge on any atom is -0.388 e. The Labute approximate surface area is 160 Å². The quantitative estimate of drug-likeness (QED) is 0.779. The molecule has 2 aromatic carbocycles.